The highest BCUT2D eigenvalue weighted by atomic mass is 16.5. The third kappa shape index (κ3) is 5.49. The highest BCUT2D eigenvalue weighted by Gasteiger charge is 2.07. The highest BCUT2D eigenvalue weighted by Crippen LogP contribution is 2.30. The second-order valence-electron chi connectivity index (χ2n) is 7.46. The summed E-state index contributed by atoms with van der Waals surface area (Å²) in [5, 5.41) is 4.05. The summed E-state index contributed by atoms with van der Waals surface area (Å²) in [6.45, 7) is 2.43. The topological polar surface area (TPSA) is 50.7 Å². The molecule has 4 nitrogen and oxygen atoms in total. The van der Waals surface area contributed by atoms with Crippen molar-refractivity contribution in [2.75, 3.05) is 0 Å². The van der Waals surface area contributed by atoms with Crippen LogP contribution in [0.2, 0.25) is 0 Å². The van der Waals surface area contributed by atoms with E-state index in [-0.39, 0.29) is 5.91 Å². The van der Waals surface area contributed by atoms with Gasteiger partial charge in [0, 0.05) is 11.1 Å². The Morgan fingerprint density at radius 2 is 1.62 bits per heavy atom. The molecule has 1 N–H and O–H groups in total. The maximum atomic E-state index is 12.3. The Morgan fingerprint density at radius 3 is 2.41 bits per heavy atom. The number of benzene rings is 4. The molecule has 0 atom stereocenters. The van der Waals surface area contributed by atoms with E-state index < -0.39 is 0 Å². The molecule has 0 aliphatic carbocycles. The summed E-state index contributed by atoms with van der Waals surface area (Å²) in [5.74, 6) is 0.571. The van der Waals surface area contributed by atoms with E-state index in [0.717, 1.165) is 33.6 Å². The van der Waals surface area contributed by atoms with E-state index in [1.54, 1.807) is 18.3 Å². The van der Waals surface area contributed by atoms with Crippen LogP contribution in [0, 0.1) is 6.92 Å². The van der Waals surface area contributed by atoms with Crippen molar-refractivity contribution in [1.29, 1.82) is 0 Å². The van der Waals surface area contributed by atoms with Gasteiger partial charge in [0.15, 0.2) is 0 Å². The van der Waals surface area contributed by atoms with Crippen LogP contribution in [-0.2, 0) is 6.61 Å². The lowest BCUT2D eigenvalue weighted by Gasteiger charge is -2.12. The standard InChI is InChI=1S/C28H24N2O2/c1-21-8-7-9-23(18-21)19-29-30-28(31)25-16-14-22(15-17-25)20-32-27-13-6-5-12-26(27)24-10-3-2-4-11-24/h2-19H,20H2,1H3,(H,30,31)/b29-19-. The smallest absolute Gasteiger partial charge is 0.271 e. The molecule has 0 saturated carbocycles. The van der Waals surface area contributed by atoms with Crippen molar-refractivity contribution in [2.24, 2.45) is 5.10 Å². The van der Waals surface area contributed by atoms with Gasteiger partial charge in [-0.25, -0.2) is 5.43 Å². The van der Waals surface area contributed by atoms with Crippen molar-refractivity contribution in [1.82, 2.24) is 5.43 Å². The first kappa shape index (κ1) is 21.1. The minimum atomic E-state index is -0.254. The minimum absolute atomic E-state index is 0.254. The first-order valence-electron chi connectivity index (χ1n) is 10.5. The molecule has 0 spiro atoms. The SMILES string of the molecule is Cc1cccc(/C=N\NC(=O)c2ccc(COc3ccccc3-c3ccccc3)cc2)c1. The number of nitrogens with one attached hydrogen (secondary N) is 1. The first-order valence-corrected chi connectivity index (χ1v) is 10.5. The molecule has 0 unspecified atom stereocenters. The van der Waals surface area contributed by atoms with Crippen molar-refractivity contribution in [3.8, 4) is 16.9 Å². The molecular weight excluding hydrogens is 396 g/mol. The van der Waals surface area contributed by atoms with Gasteiger partial charge >= 0.3 is 0 Å². The van der Waals surface area contributed by atoms with Crippen LogP contribution in [-0.4, -0.2) is 12.1 Å². The van der Waals surface area contributed by atoms with E-state index in [2.05, 4.69) is 28.7 Å². The molecule has 0 aromatic heterocycles. The lowest BCUT2D eigenvalue weighted by Crippen LogP contribution is -2.17. The van der Waals surface area contributed by atoms with Gasteiger partial charge in [0.25, 0.3) is 5.91 Å². The van der Waals surface area contributed by atoms with Gasteiger partial charge < -0.3 is 4.74 Å². The summed E-state index contributed by atoms with van der Waals surface area (Å²) in [6, 6.07) is 33.4. The number of carbonyl (C=O) groups is 1. The van der Waals surface area contributed by atoms with Gasteiger partial charge in [-0.3, -0.25) is 4.79 Å². The molecule has 1 amide bonds. The van der Waals surface area contributed by atoms with Crippen LogP contribution in [0.1, 0.15) is 27.0 Å². The van der Waals surface area contributed by atoms with Crippen molar-refractivity contribution >= 4 is 12.1 Å². The zero-order valence-electron chi connectivity index (χ0n) is 17.9. The summed E-state index contributed by atoms with van der Waals surface area (Å²) >= 11 is 0. The molecule has 0 bridgehead atoms. The summed E-state index contributed by atoms with van der Waals surface area (Å²) in [6.07, 6.45) is 1.64. The molecule has 4 heteroatoms. The number of carbonyl (C=O) groups excluding carboxylic acids is 1. The third-order valence-corrected chi connectivity index (χ3v) is 5.00. The van der Waals surface area contributed by atoms with Gasteiger partial charge in [-0.05, 0) is 41.8 Å². The average Bonchev–Trinajstić information content (AvgIpc) is 2.84. The van der Waals surface area contributed by atoms with E-state index in [0.29, 0.717) is 12.2 Å². The van der Waals surface area contributed by atoms with Crippen LogP contribution in [0.15, 0.2) is 108 Å². The fraction of sp³-hybridized carbons (Fsp3) is 0.0714. The maximum absolute atomic E-state index is 12.3. The highest BCUT2D eigenvalue weighted by molar-refractivity contribution is 5.94. The Kier molecular flexibility index (Phi) is 6.73. The Morgan fingerprint density at radius 1 is 0.875 bits per heavy atom. The molecule has 4 rings (SSSR count). The Balaban J connectivity index is 1.36. The van der Waals surface area contributed by atoms with Crippen molar-refractivity contribution in [3.63, 3.8) is 0 Å². The average molecular weight is 421 g/mol. The molecular formula is C28H24N2O2. The molecule has 0 heterocycles. The van der Waals surface area contributed by atoms with Crippen molar-refractivity contribution < 1.29 is 9.53 Å². The number of hydrogen-bond donors (Lipinski definition) is 1. The van der Waals surface area contributed by atoms with E-state index in [1.165, 1.54) is 0 Å². The quantitative estimate of drug-likeness (QED) is 0.294. The molecule has 0 aliphatic heterocycles. The maximum Gasteiger partial charge on any atom is 0.271 e. The number of hydrazone groups is 1. The number of rotatable bonds is 7. The lowest BCUT2D eigenvalue weighted by molar-refractivity contribution is 0.0955. The van der Waals surface area contributed by atoms with E-state index in [9.17, 15) is 4.79 Å². The fourth-order valence-corrected chi connectivity index (χ4v) is 3.34. The van der Waals surface area contributed by atoms with Crippen LogP contribution in [0.4, 0.5) is 0 Å². The van der Waals surface area contributed by atoms with Gasteiger partial charge in [0.1, 0.15) is 12.4 Å². The number of nitrogens with zero attached hydrogens (tertiary/aromatic N) is 1. The van der Waals surface area contributed by atoms with Crippen LogP contribution in [0.5, 0.6) is 5.75 Å². The van der Waals surface area contributed by atoms with Gasteiger partial charge in [-0.15, -0.1) is 0 Å². The van der Waals surface area contributed by atoms with E-state index in [1.807, 2.05) is 79.7 Å². The largest absolute Gasteiger partial charge is 0.488 e. The summed E-state index contributed by atoms with van der Waals surface area (Å²) in [7, 11) is 0. The summed E-state index contributed by atoms with van der Waals surface area (Å²) < 4.78 is 6.08. The summed E-state index contributed by atoms with van der Waals surface area (Å²) in [4.78, 5) is 12.3. The minimum Gasteiger partial charge on any atom is -0.488 e. The number of hydrogen-bond acceptors (Lipinski definition) is 3. The molecule has 4 aromatic carbocycles. The predicted molar refractivity (Wildman–Crippen MR) is 129 cm³/mol. The van der Waals surface area contributed by atoms with Gasteiger partial charge in [-0.1, -0.05) is 90.5 Å². The van der Waals surface area contributed by atoms with Crippen LogP contribution >= 0.6 is 0 Å². The third-order valence-electron chi connectivity index (χ3n) is 5.00. The molecule has 0 saturated heterocycles. The van der Waals surface area contributed by atoms with Gasteiger partial charge in [0.05, 0.1) is 6.21 Å². The Hall–Kier alpha value is -4.18. The molecule has 158 valence electrons. The van der Waals surface area contributed by atoms with Gasteiger partial charge in [-0.2, -0.15) is 5.10 Å². The van der Waals surface area contributed by atoms with Crippen LogP contribution < -0.4 is 10.2 Å². The van der Waals surface area contributed by atoms with E-state index in [4.69, 9.17) is 4.74 Å². The normalized spacial score (nSPS) is 10.8. The number of aryl methyl sites for hydroxylation is 1. The molecule has 0 fully saturated rings. The summed E-state index contributed by atoms with van der Waals surface area (Å²) in [5.41, 5.74) is 8.34. The number of ether oxygens (including phenoxy) is 1. The zero-order chi connectivity index (χ0) is 22.2. The van der Waals surface area contributed by atoms with E-state index >= 15 is 0 Å². The molecule has 4 aromatic rings. The van der Waals surface area contributed by atoms with Crippen molar-refractivity contribution in [3.05, 3.63) is 125 Å². The Bertz CT molecular complexity index is 1220. The zero-order valence-corrected chi connectivity index (χ0v) is 17.9. The molecule has 0 radical (unpaired) electrons. The first-order chi connectivity index (χ1) is 15.7. The number of amides is 1. The van der Waals surface area contributed by atoms with Crippen molar-refractivity contribution in [2.45, 2.75) is 13.5 Å². The monoisotopic (exact) mass is 420 g/mol. The van der Waals surface area contributed by atoms with Crippen LogP contribution in [0.3, 0.4) is 0 Å². The second kappa shape index (κ2) is 10.2. The molecule has 32 heavy (non-hydrogen) atoms. The molecule has 0 aliphatic rings. The van der Waals surface area contributed by atoms with Gasteiger partial charge in [0.2, 0.25) is 0 Å². The number of para-hydroxylation sites is 1. The second-order valence-corrected chi connectivity index (χ2v) is 7.46. The van der Waals surface area contributed by atoms with Crippen LogP contribution in [0.25, 0.3) is 11.1 Å². The Labute approximate surface area is 188 Å². The fourth-order valence-electron chi connectivity index (χ4n) is 3.34. The lowest BCUT2D eigenvalue weighted by atomic mass is 10.0. The predicted octanol–water partition coefficient (Wildman–Crippen LogP) is 6.00.